The van der Waals surface area contributed by atoms with Gasteiger partial charge in [0.2, 0.25) is 0 Å². The molecule has 0 unspecified atom stereocenters. The Hall–Kier alpha value is -4.15. The summed E-state index contributed by atoms with van der Waals surface area (Å²) in [6, 6.07) is 16.5. The van der Waals surface area contributed by atoms with Gasteiger partial charge < -0.3 is 30.5 Å². The second-order valence-electron chi connectivity index (χ2n) is 7.85. The van der Waals surface area contributed by atoms with Crippen molar-refractivity contribution >= 4 is 23.4 Å². The van der Waals surface area contributed by atoms with E-state index in [9.17, 15) is 9.59 Å². The van der Waals surface area contributed by atoms with E-state index in [1.165, 1.54) is 12.3 Å². The van der Waals surface area contributed by atoms with E-state index in [1.807, 2.05) is 12.1 Å². The molecule has 2 amide bonds. The minimum atomic E-state index is -1.13. The Balaban J connectivity index is 1.22. The second kappa shape index (κ2) is 11.8. The summed E-state index contributed by atoms with van der Waals surface area (Å²) in [5.41, 5.74) is 1.11. The van der Waals surface area contributed by atoms with Crippen molar-refractivity contribution in [2.24, 2.45) is 0 Å². The van der Waals surface area contributed by atoms with E-state index in [4.69, 9.17) is 14.6 Å². The third kappa shape index (κ3) is 7.42. The molecule has 1 aromatic heterocycles. The number of carbonyl (C=O) groups excluding carboxylic acids is 1. The van der Waals surface area contributed by atoms with E-state index < -0.39 is 5.97 Å². The van der Waals surface area contributed by atoms with E-state index in [2.05, 4.69) is 25.8 Å². The Bertz CT molecular complexity index is 1130. The van der Waals surface area contributed by atoms with Crippen molar-refractivity contribution in [3.05, 3.63) is 72.6 Å². The van der Waals surface area contributed by atoms with E-state index in [0.717, 1.165) is 38.5 Å². The van der Waals surface area contributed by atoms with Gasteiger partial charge in [-0.2, -0.15) is 0 Å². The van der Waals surface area contributed by atoms with Gasteiger partial charge in [0.1, 0.15) is 23.9 Å². The zero-order valence-electron chi connectivity index (χ0n) is 19.1. The lowest BCUT2D eigenvalue weighted by molar-refractivity contribution is 0.0690. The molecule has 1 saturated heterocycles. The number of nitrogens with zero attached hydrogens (tertiary/aromatic N) is 2. The number of pyridine rings is 1. The van der Waals surface area contributed by atoms with Crippen LogP contribution in [-0.4, -0.2) is 66.3 Å². The first-order chi connectivity index (χ1) is 17.0. The van der Waals surface area contributed by atoms with Gasteiger partial charge in [-0.3, -0.25) is 4.90 Å². The van der Waals surface area contributed by atoms with Crippen molar-refractivity contribution in [1.82, 2.24) is 15.2 Å². The van der Waals surface area contributed by atoms with Crippen LogP contribution in [0.4, 0.5) is 16.2 Å². The van der Waals surface area contributed by atoms with Crippen LogP contribution in [0.2, 0.25) is 0 Å². The van der Waals surface area contributed by atoms with Gasteiger partial charge in [-0.25, -0.2) is 14.6 Å². The lowest BCUT2D eigenvalue weighted by atomic mass is 10.3. The minimum Gasteiger partial charge on any atom is -0.492 e. The van der Waals surface area contributed by atoms with Gasteiger partial charge in [0.25, 0.3) is 0 Å². The Kier molecular flexibility index (Phi) is 8.10. The van der Waals surface area contributed by atoms with Gasteiger partial charge in [0.15, 0.2) is 5.69 Å². The smallest absolute Gasteiger partial charge is 0.354 e. The number of anilines is 2. The average molecular weight is 478 g/mol. The summed E-state index contributed by atoms with van der Waals surface area (Å²) in [5.74, 6) is 0.471. The van der Waals surface area contributed by atoms with Crippen LogP contribution in [0.15, 0.2) is 66.9 Å². The molecule has 0 spiro atoms. The van der Waals surface area contributed by atoms with Gasteiger partial charge in [-0.05, 0) is 54.6 Å². The van der Waals surface area contributed by atoms with Crippen LogP contribution in [0.1, 0.15) is 10.5 Å². The maximum atomic E-state index is 12.3. The number of amides is 2. The van der Waals surface area contributed by atoms with Crippen LogP contribution in [0, 0.1) is 0 Å². The molecule has 4 N–H and O–H groups in total. The summed E-state index contributed by atoms with van der Waals surface area (Å²) in [6.07, 6.45) is 1.37. The highest BCUT2D eigenvalue weighted by molar-refractivity contribution is 5.99. The number of rotatable bonds is 9. The summed E-state index contributed by atoms with van der Waals surface area (Å²) < 4.78 is 11.5. The van der Waals surface area contributed by atoms with Gasteiger partial charge >= 0.3 is 12.0 Å². The summed E-state index contributed by atoms with van der Waals surface area (Å²) in [6.45, 7) is 5.61. The number of urea groups is 1. The minimum absolute atomic E-state index is 0.104. The second-order valence-corrected chi connectivity index (χ2v) is 7.85. The van der Waals surface area contributed by atoms with Crippen molar-refractivity contribution in [3.8, 4) is 17.2 Å². The van der Waals surface area contributed by atoms with E-state index in [-0.39, 0.29) is 11.7 Å². The Morgan fingerprint density at radius 2 is 1.54 bits per heavy atom. The number of aromatic carboxylic acids is 1. The monoisotopic (exact) mass is 477 g/mol. The van der Waals surface area contributed by atoms with E-state index in [1.54, 1.807) is 42.5 Å². The zero-order valence-corrected chi connectivity index (χ0v) is 19.1. The number of carboxylic acid groups (broad SMARTS) is 1. The van der Waals surface area contributed by atoms with Gasteiger partial charge in [-0.1, -0.05) is 0 Å². The normalized spacial score (nSPS) is 13.6. The standard InChI is InChI=1S/C25H27N5O5/c31-24(32)23-17-22(9-10-27-23)35-21-7-3-19(4-8-21)29-25(33)28-18-1-5-20(6-2-18)34-16-15-30-13-11-26-12-14-30/h1-10,17,26H,11-16H2,(H,31,32)(H2,28,29,33). The van der Waals surface area contributed by atoms with Crippen LogP contribution in [0.25, 0.3) is 0 Å². The van der Waals surface area contributed by atoms with Gasteiger partial charge in [-0.15, -0.1) is 0 Å². The highest BCUT2D eigenvalue weighted by atomic mass is 16.5. The highest BCUT2D eigenvalue weighted by Gasteiger charge is 2.10. The summed E-state index contributed by atoms with van der Waals surface area (Å²) in [7, 11) is 0. The number of carbonyl (C=O) groups is 2. The summed E-state index contributed by atoms with van der Waals surface area (Å²) in [5, 5.41) is 17.9. The highest BCUT2D eigenvalue weighted by Crippen LogP contribution is 2.23. The molecule has 10 nitrogen and oxygen atoms in total. The number of aromatic nitrogens is 1. The predicted molar refractivity (Wildman–Crippen MR) is 132 cm³/mol. The van der Waals surface area contributed by atoms with Crippen LogP contribution in [-0.2, 0) is 0 Å². The van der Waals surface area contributed by atoms with E-state index in [0.29, 0.717) is 29.5 Å². The third-order valence-electron chi connectivity index (χ3n) is 5.30. The molecule has 0 atom stereocenters. The Labute approximate surface area is 202 Å². The fourth-order valence-electron chi connectivity index (χ4n) is 3.49. The molecule has 2 heterocycles. The molecule has 4 rings (SSSR count). The molecule has 1 aliphatic rings. The number of nitrogens with one attached hydrogen (secondary N) is 3. The fraction of sp³-hybridized carbons (Fsp3) is 0.240. The SMILES string of the molecule is O=C(Nc1ccc(OCCN2CCNCC2)cc1)Nc1ccc(Oc2ccnc(C(=O)O)c2)cc1. The van der Waals surface area contributed by atoms with Crippen molar-refractivity contribution in [2.75, 3.05) is 50.0 Å². The van der Waals surface area contributed by atoms with Crippen LogP contribution in [0.3, 0.4) is 0 Å². The molecule has 0 aliphatic carbocycles. The molecule has 10 heteroatoms. The quantitative estimate of drug-likeness (QED) is 0.369. The maximum Gasteiger partial charge on any atom is 0.354 e. The molecule has 0 bridgehead atoms. The molecular formula is C25H27N5O5. The third-order valence-corrected chi connectivity index (χ3v) is 5.30. The zero-order chi connectivity index (χ0) is 24.5. The molecular weight excluding hydrogens is 450 g/mol. The molecule has 3 aromatic rings. The Morgan fingerprint density at radius 3 is 2.17 bits per heavy atom. The van der Waals surface area contributed by atoms with Crippen LogP contribution < -0.4 is 25.4 Å². The van der Waals surface area contributed by atoms with Crippen molar-refractivity contribution in [3.63, 3.8) is 0 Å². The van der Waals surface area contributed by atoms with Crippen molar-refractivity contribution in [2.45, 2.75) is 0 Å². The molecule has 0 radical (unpaired) electrons. The lowest BCUT2D eigenvalue weighted by Gasteiger charge is -2.26. The first kappa shape index (κ1) is 24.0. The number of hydrogen-bond donors (Lipinski definition) is 4. The average Bonchev–Trinajstić information content (AvgIpc) is 2.87. The maximum absolute atomic E-state index is 12.3. The first-order valence-electron chi connectivity index (χ1n) is 11.3. The van der Waals surface area contributed by atoms with Crippen LogP contribution >= 0.6 is 0 Å². The number of ether oxygens (including phenoxy) is 2. The Morgan fingerprint density at radius 1 is 0.914 bits per heavy atom. The fourth-order valence-corrected chi connectivity index (χ4v) is 3.49. The molecule has 182 valence electrons. The summed E-state index contributed by atoms with van der Waals surface area (Å²) in [4.78, 5) is 29.5. The van der Waals surface area contributed by atoms with Crippen molar-refractivity contribution in [1.29, 1.82) is 0 Å². The molecule has 2 aromatic carbocycles. The number of piperazine rings is 1. The number of hydrogen-bond acceptors (Lipinski definition) is 7. The largest absolute Gasteiger partial charge is 0.492 e. The molecule has 35 heavy (non-hydrogen) atoms. The predicted octanol–water partition coefficient (Wildman–Crippen LogP) is 3.50. The number of benzene rings is 2. The van der Waals surface area contributed by atoms with Gasteiger partial charge in [0.05, 0.1) is 0 Å². The van der Waals surface area contributed by atoms with Crippen LogP contribution in [0.5, 0.6) is 17.2 Å². The van der Waals surface area contributed by atoms with E-state index >= 15 is 0 Å². The lowest BCUT2D eigenvalue weighted by Crippen LogP contribution is -2.44. The van der Waals surface area contributed by atoms with Crippen molar-refractivity contribution < 1.29 is 24.2 Å². The first-order valence-corrected chi connectivity index (χ1v) is 11.3. The molecule has 1 aliphatic heterocycles. The number of carboxylic acids is 1. The topological polar surface area (TPSA) is 125 Å². The van der Waals surface area contributed by atoms with Gasteiger partial charge in [0, 0.05) is 56.4 Å². The molecule has 0 saturated carbocycles. The summed E-state index contributed by atoms with van der Waals surface area (Å²) >= 11 is 0. The molecule has 1 fully saturated rings.